The average molecular weight is 425 g/mol. The second-order valence-corrected chi connectivity index (χ2v) is 8.14. The van der Waals surface area contributed by atoms with Crippen molar-refractivity contribution in [3.05, 3.63) is 42.2 Å². The van der Waals surface area contributed by atoms with Gasteiger partial charge in [0.15, 0.2) is 0 Å². The Hall–Kier alpha value is -3.00. The first kappa shape index (κ1) is 21.2. The molecule has 0 unspecified atom stereocenters. The van der Waals surface area contributed by atoms with E-state index in [1.807, 2.05) is 29.2 Å². The summed E-state index contributed by atoms with van der Waals surface area (Å²) in [7, 11) is 1.60. The summed E-state index contributed by atoms with van der Waals surface area (Å²) in [6.45, 7) is 2.75. The largest absolute Gasteiger partial charge is 0.378 e. The van der Waals surface area contributed by atoms with Crippen LogP contribution in [0.3, 0.4) is 0 Å². The molecule has 1 aromatic carbocycles. The van der Waals surface area contributed by atoms with Gasteiger partial charge in [-0.3, -0.25) is 19.4 Å². The zero-order valence-corrected chi connectivity index (χ0v) is 17.8. The van der Waals surface area contributed by atoms with E-state index in [1.54, 1.807) is 24.3 Å². The standard InChI is InChI=1S/C23H28N4O4/c1-31-19-14-26(11-5-10-25-9-4-8-21(25)28)22(29)16-27(15-19)23(30)20-12-17-6-2-3-7-18(17)13-24-20/h2-3,6-7,12-13,19H,4-5,8-11,14-16H2,1H3/t19-/m1/s1. The van der Waals surface area contributed by atoms with Crippen LogP contribution in [0.25, 0.3) is 10.8 Å². The summed E-state index contributed by atoms with van der Waals surface area (Å²) in [5.41, 5.74) is 0.322. The van der Waals surface area contributed by atoms with Crippen LogP contribution in [0.5, 0.6) is 0 Å². The minimum atomic E-state index is -0.274. The molecule has 2 aliphatic heterocycles. The van der Waals surface area contributed by atoms with Gasteiger partial charge in [0.05, 0.1) is 6.10 Å². The lowest BCUT2D eigenvalue weighted by Crippen LogP contribution is -2.40. The molecule has 3 amide bonds. The van der Waals surface area contributed by atoms with Crippen molar-refractivity contribution < 1.29 is 19.1 Å². The van der Waals surface area contributed by atoms with Crippen molar-refractivity contribution in [2.45, 2.75) is 25.4 Å². The molecule has 0 aliphatic carbocycles. The third-order valence-corrected chi connectivity index (χ3v) is 6.02. The number of likely N-dealkylation sites (tertiary alicyclic amines) is 1. The molecule has 2 fully saturated rings. The molecule has 0 N–H and O–H groups in total. The predicted molar refractivity (Wildman–Crippen MR) is 115 cm³/mol. The van der Waals surface area contributed by atoms with E-state index in [0.717, 1.165) is 23.7 Å². The lowest BCUT2D eigenvalue weighted by molar-refractivity contribution is -0.131. The monoisotopic (exact) mass is 424 g/mol. The van der Waals surface area contributed by atoms with Crippen LogP contribution in [0.2, 0.25) is 0 Å². The summed E-state index contributed by atoms with van der Waals surface area (Å²) in [6, 6.07) is 9.49. The molecule has 164 valence electrons. The highest BCUT2D eigenvalue weighted by Gasteiger charge is 2.31. The number of benzene rings is 1. The van der Waals surface area contributed by atoms with E-state index >= 15 is 0 Å². The molecule has 0 saturated carbocycles. The molecule has 8 nitrogen and oxygen atoms in total. The first-order chi connectivity index (χ1) is 15.0. The molecule has 2 saturated heterocycles. The number of carbonyl (C=O) groups is 3. The minimum absolute atomic E-state index is 0.00412. The predicted octanol–water partition coefficient (Wildman–Crippen LogP) is 1.55. The average Bonchev–Trinajstić information content (AvgIpc) is 3.12. The number of rotatable bonds is 6. The van der Waals surface area contributed by atoms with Crippen LogP contribution in [0, 0.1) is 0 Å². The van der Waals surface area contributed by atoms with Crippen LogP contribution in [-0.4, -0.2) is 89.9 Å². The van der Waals surface area contributed by atoms with Crippen LogP contribution in [-0.2, 0) is 14.3 Å². The van der Waals surface area contributed by atoms with Gasteiger partial charge in [-0.05, 0) is 24.3 Å². The van der Waals surface area contributed by atoms with Gasteiger partial charge in [0, 0.05) is 57.8 Å². The van der Waals surface area contributed by atoms with E-state index in [1.165, 1.54) is 4.90 Å². The van der Waals surface area contributed by atoms with E-state index < -0.39 is 0 Å². The summed E-state index contributed by atoms with van der Waals surface area (Å²) in [4.78, 5) is 47.3. The van der Waals surface area contributed by atoms with E-state index in [2.05, 4.69) is 4.98 Å². The summed E-state index contributed by atoms with van der Waals surface area (Å²) in [6.07, 6.45) is 3.65. The summed E-state index contributed by atoms with van der Waals surface area (Å²) < 4.78 is 5.56. The summed E-state index contributed by atoms with van der Waals surface area (Å²) in [5.74, 6) is -0.191. The molecular weight excluding hydrogens is 396 g/mol. The van der Waals surface area contributed by atoms with Gasteiger partial charge in [-0.25, -0.2) is 0 Å². The molecular formula is C23H28N4O4. The lowest BCUT2D eigenvalue weighted by Gasteiger charge is -2.24. The normalized spacial score (nSPS) is 19.9. The van der Waals surface area contributed by atoms with Crippen LogP contribution < -0.4 is 0 Å². The molecule has 0 radical (unpaired) electrons. The number of amides is 3. The number of hydrogen-bond acceptors (Lipinski definition) is 5. The highest BCUT2D eigenvalue weighted by Crippen LogP contribution is 2.17. The van der Waals surface area contributed by atoms with E-state index in [-0.39, 0.29) is 30.4 Å². The Labute approximate surface area is 181 Å². The molecule has 0 bridgehead atoms. The highest BCUT2D eigenvalue weighted by atomic mass is 16.5. The smallest absolute Gasteiger partial charge is 0.273 e. The Morgan fingerprint density at radius 3 is 2.61 bits per heavy atom. The summed E-state index contributed by atoms with van der Waals surface area (Å²) >= 11 is 0. The third-order valence-electron chi connectivity index (χ3n) is 6.02. The fraction of sp³-hybridized carbons (Fsp3) is 0.478. The first-order valence-electron chi connectivity index (χ1n) is 10.8. The lowest BCUT2D eigenvalue weighted by atomic mass is 10.1. The van der Waals surface area contributed by atoms with E-state index in [4.69, 9.17) is 4.74 Å². The number of fused-ring (bicyclic) bond motifs is 1. The number of ether oxygens (including phenoxy) is 1. The van der Waals surface area contributed by atoms with Crippen molar-refractivity contribution >= 4 is 28.5 Å². The molecule has 0 spiro atoms. The van der Waals surface area contributed by atoms with Crippen molar-refractivity contribution in [2.75, 3.05) is 46.4 Å². The quantitative estimate of drug-likeness (QED) is 0.703. The van der Waals surface area contributed by atoms with Gasteiger partial charge >= 0.3 is 0 Å². The van der Waals surface area contributed by atoms with Crippen molar-refractivity contribution in [3.8, 4) is 0 Å². The molecule has 1 aromatic heterocycles. The number of aromatic nitrogens is 1. The number of methoxy groups -OCH3 is 1. The van der Waals surface area contributed by atoms with Gasteiger partial charge < -0.3 is 19.4 Å². The topological polar surface area (TPSA) is 83.0 Å². The number of hydrogen-bond donors (Lipinski definition) is 0. The fourth-order valence-electron chi connectivity index (χ4n) is 4.25. The Morgan fingerprint density at radius 1 is 1.10 bits per heavy atom. The molecule has 8 heteroatoms. The fourth-order valence-corrected chi connectivity index (χ4v) is 4.25. The van der Waals surface area contributed by atoms with Crippen LogP contribution in [0.1, 0.15) is 29.8 Å². The zero-order chi connectivity index (χ0) is 21.8. The van der Waals surface area contributed by atoms with Crippen LogP contribution in [0.15, 0.2) is 36.5 Å². The Kier molecular flexibility index (Phi) is 6.46. The molecule has 2 aliphatic rings. The van der Waals surface area contributed by atoms with Crippen LogP contribution in [0.4, 0.5) is 0 Å². The molecule has 3 heterocycles. The number of carbonyl (C=O) groups excluding carboxylic acids is 3. The Bertz CT molecular complexity index is 979. The summed E-state index contributed by atoms with van der Waals surface area (Å²) in [5, 5.41) is 1.90. The molecule has 2 aromatic rings. The van der Waals surface area contributed by atoms with E-state index in [0.29, 0.717) is 44.7 Å². The van der Waals surface area contributed by atoms with Crippen molar-refractivity contribution in [1.82, 2.24) is 19.7 Å². The maximum Gasteiger partial charge on any atom is 0.273 e. The SMILES string of the molecule is CO[C@@H]1CN(CCCN2CCCC2=O)C(=O)CN(C(=O)c2cc3ccccc3cn2)C1. The molecule has 31 heavy (non-hydrogen) atoms. The second-order valence-electron chi connectivity index (χ2n) is 8.14. The maximum absolute atomic E-state index is 13.1. The van der Waals surface area contributed by atoms with Crippen molar-refractivity contribution in [3.63, 3.8) is 0 Å². The number of pyridine rings is 1. The van der Waals surface area contributed by atoms with Crippen molar-refractivity contribution in [2.24, 2.45) is 0 Å². The number of nitrogens with zero attached hydrogens (tertiary/aromatic N) is 4. The van der Waals surface area contributed by atoms with Gasteiger partial charge in [0.2, 0.25) is 11.8 Å². The molecule has 1 atom stereocenters. The zero-order valence-electron chi connectivity index (χ0n) is 17.8. The van der Waals surface area contributed by atoms with E-state index in [9.17, 15) is 14.4 Å². The minimum Gasteiger partial charge on any atom is -0.378 e. The first-order valence-corrected chi connectivity index (χ1v) is 10.8. The van der Waals surface area contributed by atoms with Gasteiger partial charge in [0.1, 0.15) is 12.2 Å². The van der Waals surface area contributed by atoms with Crippen LogP contribution >= 0.6 is 0 Å². The van der Waals surface area contributed by atoms with Crippen molar-refractivity contribution in [1.29, 1.82) is 0 Å². The Morgan fingerprint density at radius 2 is 1.87 bits per heavy atom. The van der Waals surface area contributed by atoms with Gasteiger partial charge in [-0.1, -0.05) is 24.3 Å². The van der Waals surface area contributed by atoms with Gasteiger partial charge in [-0.15, -0.1) is 0 Å². The molecule has 4 rings (SSSR count). The van der Waals surface area contributed by atoms with Gasteiger partial charge in [0.25, 0.3) is 5.91 Å². The highest BCUT2D eigenvalue weighted by molar-refractivity contribution is 5.98. The second kappa shape index (κ2) is 9.43. The van der Waals surface area contributed by atoms with Gasteiger partial charge in [-0.2, -0.15) is 0 Å². The maximum atomic E-state index is 13.1. The Balaban J connectivity index is 1.42. The third kappa shape index (κ3) is 4.85.